The maximum atomic E-state index is 13.4. The highest BCUT2D eigenvalue weighted by molar-refractivity contribution is 6.33. The third kappa shape index (κ3) is 9.61. The van der Waals surface area contributed by atoms with Gasteiger partial charge in [-0.2, -0.15) is 9.97 Å². The maximum Gasteiger partial charge on any atom is 0.293 e. The average Bonchev–Trinajstić information content (AvgIpc) is 3.23. The molecule has 4 aromatic heterocycles. The van der Waals surface area contributed by atoms with Crippen LogP contribution in [0.2, 0.25) is 10.0 Å². The van der Waals surface area contributed by atoms with Gasteiger partial charge in [-0.15, -0.1) is 0 Å². The Bertz CT molecular complexity index is 2720. The van der Waals surface area contributed by atoms with Gasteiger partial charge in [-0.1, -0.05) is 23.2 Å². The number of ether oxygens (including phenoxy) is 1. The number of pyridine rings is 2. The highest BCUT2D eigenvalue weighted by Crippen LogP contribution is 2.30. The summed E-state index contributed by atoms with van der Waals surface area (Å²) in [5.41, 5.74) is 8.39. The lowest BCUT2D eigenvalue weighted by molar-refractivity contribution is -0.123. The van der Waals surface area contributed by atoms with E-state index in [4.69, 9.17) is 33.7 Å². The number of aromatic nitrogens is 6. The number of hydrogen-bond acceptors (Lipinski definition) is 13. The average molecular weight is 855 g/mol. The molecule has 7 rings (SSSR count). The molecule has 1 saturated heterocycles. The van der Waals surface area contributed by atoms with E-state index in [1.807, 2.05) is 32.0 Å². The summed E-state index contributed by atoms with van der Waals surface area (Å²) >= 11 is 12.7. The number of amides is 1. The van der Waals surface area contributed by atoms with Crippen LogP contribution in [0.15, 0.2) is 70.5 Å². The standard InChI is InChI=1S/C42H45Cl2N11O5/c1-24(2)55-34-12-9-29(49-37-31(43)21-47-41(45)51-37)19-27(34)20-35(40(55)59)60-23-36(57)46-14-13-30(56)10-7-25-17-26-18-28(8-11-33(26)53(3)39(25)58)50-38-32(44)22-48-42(52-38)54-15-5-4-6-16-54/h8-9,11-12,17-22,24H,4-7,10,13-16,23H2,1-3H3,(H,46,57)(H,48,50,52)(H3,45,47,49,51). The Balaban J connectivity index is 0.941. The molecule has 1 amide bonds. The quantitative estimate of drug-likeness (QED) is 0.0876. The predicted octanol–water partition coefficient (Wildman–Crippen LogP) is 6.47. The molecule has 0 aliphatic carbocycles. The van der Waals surface area contributed by atoms with Gasteiger partial charge in [0.25, 0.3) is 17.0 Å². The normalized spacial score (nSPS) is 12.9. The molecule has 2 aromatic carbocycles. The number of nitrogens with one attached hydrogen (secondary N) is 3. The van der Waals surface area contributed by atoms with Gasteiger partial charge in [0.15, 0.2) is 24.0 Å². The summed E-state index contributed by atoms with van der Waals surface area (Å²) in [5, 5.41) is 11.2. The number of carbonyl (C=O) groups is 2. The monoisotopic (exact) mass is 853 g/mol. The molecule has 0 bridgehead atoms. The zero-order valence-corrected chi connectivity index (χ0v) is 34.9. The number of ketones is 1. The highest BCUT2D eigenvalue weighted by atomic mass is 35.5. The predicted molar refractivity (Wildman–Crippen MR) is 235 cm³/mol. The van der Waals surface area contributed by atoms with Crippen LogP contribution >= 0.6 is 23.2 Å². The van der Waals surface area contributed by atoms with Crippen LogP contribution in [0.5, 0.6) is 5.75 Å². The second-order valence-corrected chi connectivity index (χ2v) is 15.7. The Morgan fingerprint density at radius 3 is 2.18 bits per heavy atom. The molecule has 60 heavy (non-hydrogen) atoms. The van der Waals surface area contributed by atoms with E-state index in [0.29, 0.717) is 44.8 Å². The van der Waals surface area contributed by atoms with Gasteiger partial charge in [0.1, 0.15) is 15.8 Å². The van der Waals surface area contributed by atoms with Crippen molar-refractivity contribution in [3.63, 3.8) is 0 Å². The summed E-state index contributed by atoms with van der Waals surface area (Å²) in [4.78, 5) is 71.7. The molecule has 18 heteroatoms. The molecule has 6 aromatic rings. The molecule has 16 nitrogen and oxygen atoms in total. The number of anilines is 6. The van der Waals surface area contributed by atoms with Gasteiger partial charge < -0.3 is 40.5 Å². The molecule has 1 fully saturated rings. The number of nitrogen functional groups attached to an aromatic ring is 1. The first-order chi connectivity index (χ1) is 28.8. The van der Waals surface area contributed by atoms with Crippen LogP contribution in [0.1, 0.15) is 57.6 Å². The maximum absolute atomic E-state index is 13.4. The fourth-order valence-electron chi connectivity index (χ4n) is 7.19. The summed E-state index contributed by atoms with van der Waals surface area (Å²) in [6.45, 7) is 5.18. The fraction of sp³-hybridized carbons (Fsp3) is 0.333. The minimum absolute atomic E-state index is 0.0106. The van der Waals surface area contributed by atoms with Crippen LogP contribution in [0.3, 0.4) is 0 Å². The van der Waals surface area contributed by atoms with Gasteiger partial charge in [-0.3, -0.25) is 19.2 Å². The fourth-order valence-corrected chi connectivity index (χ4v) is 7.47. The van der Waals surface area contributed by atoms with E-state index >= 15 is 0 Å². The number of nitrogens with two attached hydrogens (primary N) is 1. The summed E-state index contributed by atoms with van der Waals surface area (Å²) in [6, 6.07) is 14.2. The Kier molecular flexibility index (Phi) is 12.8. The molecular formula is C42H45Cl2N11O5. The molecule has 0 spiro atoms. The van der Waals surface area contributed by atoms with E-state index in [1.54, 1.807) is 52.7 Å². The Labute approximate surface area is 355 Å². The number of Topliss-reactive ketones (excluding diaryl/α,β-unsaturated/α-hetero) is 1. The Morgan fingerprint density at radius 2 is 1.48 bits per heavy atom. The van der Waals surface area contributed by atoms with Gasteiger partial charge >= 0.3 is 0 Å². The Morgan fingerprint density at radius 1 is 0.833 bits per heavy atom. The zero-order valence-electron chi connectivity index (χ0n) is 33.4. The van der Waals surface area contributed by atoms with Crippen molar-refractivity contribution >= 4 is 91.6 Å². The Hall–Kier alpha value is -6.26. The third-order valence-electron chi connectivity index (χ3n) is 10.2. The van der Waals surface area contributed by atoms with Crippen LogP contribution in [0.25, 0.3) is 21.8 Å². The molecule has 1 aliphatic rings. The van der Waals surface area contributed by atoms with Crippen molar-refractivity contribution in [1.29, 1.82) is 0 Å². The molecule has 0 atom stereocenters. The number of aryl methyl sites for hydroxylation is 2. The summed E-state index contributed by atoms with van der Waals surface area (Å²) in [5.74, 6) is 0.865. The van der Waals surface area contributed by atoms with Crippen LogP contribution in [0.4, 0.5) is 34.9 Å². The molecular weight excluding hydrogens is 809 g/mol. The van der Waals surface area contributed by atoms with Crippen LogP contribution < -0.4 is 42.4 Å². The number of nitrogens with zero attached hydrogens (tertiary/aromatic N) is 7. The van der Waals surface area contributed by atoms with Gasteiger partial charge in [-0.25, -0.2) is 9.97 Å². The van der Waals surface area contributed by atoms with E-state index in [1.165, 1.54) is 12.6 Å². The lowest BCUT2D eigenvalue weighted by Crippen LogP contribution is -2.32. The van der Waals surface area contributed by atoms with Crippen molar-refractivity contribution in [2.75, 3.05) is 47.5 Å². The second kappa shape index (κ2) is 18.3. The molecule has 5 heterocycles. The van der Waals surface area contributed by atoms with Crippen molar-refractivity contribution in [2.45, 2.75) is 58.4 Å². The van der Waals surface area contributed by atoms with E-state index in [0.717, 1.165) is 42.5 Å². The highest BCUT2D eigenvalue weighted by Gasteiger charge is 2.18. The van der Waals surface area contributed by atoms with E-state index in [9.17, 15) is 19.2 Å². The first-order valence-electron chi connectivity index (χ1n) is 19.7. The number of hydrogen-bond donors (Lipinski definition) is 4. The summed E-state index contributed by atoms with van der Waals surface area (Å²) < 4.78 is 8.88. The topological polar surface area (TPSA) is 204 Å². The number of carbonyl (C=O) groups excluding carboxylic acids is 2. The summed E-state index contributed by atoms with van der Waals surface area (Å²) in [7, 11) is 1.70. The minimum Gasteiger partial charge on any atom is -0.478 e. The van der Waals surface area contributed by atoms with Crippen molar-refractivity contribution in [2.24, 2.45) is 7.05 Å². The second-order valence-electron chi connectivity index (χ2n) is 14.9. The number of piperidine rings is 1. The lowest BCUT2D eigenvalue weighted by atomic mass is 10.0. The van der Waals surface area contributed by atoms with Crippen LogP contribution in [-0.2, 0) is 23.1 Å². The number of halogens is 2. The first kappa shape index (κ1) is 41.9. The largest absolute Gasteiger partial charge is 0.478 e. The molecule has 0 unspecified atom stereocenters. The molecule has 5 N–H and O–H groups in total. The summed E-state index contributed by atoms with van der Waals surface area (Å²) in [6.07, 6.45) is 6.78. The molecule has 0 saturated carbocycles. The van der Waals surface area contributed by atoms with Crippen molar-refractivity contribution < 1.29 is 14.3 Å². The van der Waals surface area contributed by atoms with Gasteiger partial charge in [0, 0.05) is 73.3 Å². The number of rotatable bonds is 15. The number of benzene rings is 2. The van der Waals surface area contributed by atoms with Crippen molar-refractivity contribution in [3.8, 4) is 5.75 Å². The van der Waals surface area contributed by atoms with E-state index in [2.05, 4.69) is 40.8 Å². The van der Waals surface area contributed by atoms with E-state index in [-0.39, 0.29) is 59.9 Å². The van der Waals surface area contributed by atoms with Crippen molar-refractivity contribution in [3.05, 3.63) is 97.2 Å². The lowest BCUT2D eigenvalue weighted by Gasteiger charge is -2.26. The van der Waals surface area contributed by atoms with Crippen LogP contribution in [0, 0.1) is 0 Å². The molecule has 0 radical (unpaired) electrons. The smallest absolute Gasteiger partial charge is 0.293 e. The van der Waals surface area contributed by atoms with Crippen molar-refractivity contribution in [1.82, 2.24) is 34.4 Å². The molecule has 312 valence electrons. The minimum atomic E-state index is -0.497. The first-order valence-corrected chi connectivity index (χ1v) is 20.4. The van der Waals surface area contributed by atoms with Crippen LogP contribution in [-0.4, -0.2) is 67.0 Å². The number of fused-ring (bicyclic) bond motifs is 2. The SMILES string of the molecule is CC(C)n1c(=O)c(OCC(=O)NCCC(=O)CCc2cc3cc(Nc4nc(N5CCCCC5)ncc4Cl)ccc3n(C)c2=O)cc2cc(Nc3nc(N)ncc3Cl)ccc21. The van der Waals surface area contributed by atoms with Gasteiger partial charge in [0.2, 0.25) is 11.9 Å². The van der Waals surface area contributed by atoms with E-state index < -0.39 is 18.1 Å². The van der Waals surface area contributed by atoms with Gasteiger partial charge in [-0.05, 0) is 88.1 Å². The zero-order chi connectivity index (χ0) is 42.5. The third-order valence-corrected chi connectivity index (χ3v) is 10.8. The molecule has 1 aliphatic heterocycles. The van der Waals surface area contributed by atoms with Gasteiger partial charge in [0.05, 0.1) is 23.4 Å².